The molecule has 2 aromatic rings. The molecule has 0 fully saturated rings. The van der Waals surface area contributed by atoms with E-state index in [2.05, 4.69) is 5.32 Å². The van der Waals surface area contributed by atoms with Crippen molar-refractivity contribution in [1.82, 2.24) is 0 Å². The Balaban J connectivity index is 1.60. The molecule has 0 spiro atoms. The number of ether oxygens (including phenoxy) is 2. The zero-order valence-corrected chi connectivity index (χ0v) is 14.2. The van der Waals surface area contributed by atoms with Crippen molar-refractivity contribution in [3.8, 4) is 11.5 Å². The van der Waals surface area contributed by atoms with Crippen molar-refractivity contribution >= 4 is 17.5 Å². The normalized spacial score (nSPS) is 14.3. The van der Waals surface area contributed by atoms with Crippen molar-refractivity contribution in [1.29, 1.82) is 0 Å². The van der Waals surface area contributed by atoms with Crippen LogP contribution in [0.5, 0.6) is 11.5 Å². The van der Waals surface area contributed by atoms with Crippen LogP contribution in [0.25, 0.3) is 0 Å². The molecule has 6 heteroatoms. The molecule has 6 nitrogen and oxygen atoms in total. The Kier molecular flexibility index (Phi) is 4.35. The minimum Gasteiger partial charge on any atom is -0.483 e. The number of nitrogens with two attached hydrogens (primary N) is 1. The number of hydrogen-bond donors (Lipinski definition) is 2. The van der Waals surface area contributed by atoms with Crippen molar-refractivity contribution in [2.24, 2.45) is 5.73 Å². The highest BCUT2D eigenvalue weighted by Crippen LogP contribution is 2.41. The Hall–Kier alpha value is -3.02. The Morgan fingerprint density at radius 2 is 1.92 bits per heavy atom. The molecule has 0 saturated carbocycles. The Morgan fingerprint density at radius 1 is 1.20 bits per heavy atom. The van der Waals surface area contributed by atoms with Crippen LogP contribution in [-0.4, -0.2) is 24.0 Å². The van der Waals surface area contributed by atoms with Crippen LogP contribution < -0.4 is 20.5 Å². The number of rotatable bonds is 5. The topological polar surface area (TPSA) is 90.6 Å². The first kappa shape index (κ1) is 16.8. The molecule has 0 aromatic heterocycles. The highest BCUT2D eigenvalue weighted by molar-refractivity contribution is 5.95. The molecular weight excluding hydrogens is 320 g/mol. The predicted molar refractivity (Wildman–Crippen MR) is 93.9 cm³/mol. The van der Waals surface area contributed by atoms with Gasteiger partial charge in [-0.05, 0) is 44.2 Å². The van der Waals surface area contributed by atoms with E-state index in [-0.39, 0.29) is 18.1 Å². The summed E-state index contributed by atoms with van der Waals surface area (Å²) >= 11 is 0. The Morgan fingerprint density at radius 3 is 2.60 bits per heavy atom. The molecule has 2 amide bonds. The number of fused-ring (bicyclic) bond motifs is 1. The van der Waals surface area contributed by atoms with Gasteiger partial charge in [0.2, 0.25) is 5.91 Å². The summed E-state index contributed by atoms with van der Waals surface area (Å²) in [4.78, 5) is 23.1. The number of anilines is 1. The molecule has 1 aliphatic heterocycles. The second-order valence-electron chi connectivity index (χ2n) is 6.56. The third kappa shape index (κ3) is 3.91. The zero-order valence-electron chi connectivity index (χ0n) is 14.2. The number of para-hydroxylation sites is 1. The fourth-order valence-corrected chi connectivity index (χ4v) is 2.76. The second kappa shape index (κ2) is 6.47. The quantitative estimate of drug-likeness (QED) is 0.875. The van der Waals surface area contributed by atoms with Gasteiger partial charge in [-0.3, -0.25) is 9.59 Å². The van der Waals surface area contributed by atoms with E-state index in [9.17, 15) is 9.59 Å². The Bertz CT molecular complexity index is 813. The molecule has 25 heavy (non-hydrogen) atoms. The molecule has 0 aliphatic carbocycles. The lowest BCUT2D eigenvalue weighted by Crippen LogP contribution is -2.25. The van der Waals surface area contributed by atoms with E-state index in [4.69, 9.17) is 15.2 Å². The third-order valence-electron chi connectivity index (χ3n) is 3.87. The molecule has 3 rings (SSSR count). The van der Waals surface area contributed by atoms with Crippen molar-refractivity contribution in [2.45, 2.75) is 25.9 Å². The van der Waals surface area contributed by atoms with Crippen LogP contribution in [-0.2, 0) is 11.2 Å². The monoisotopic (exact) mass is 340 g/mol. The van der Waals surface area contributed by atoms with Crippen LogP contribution in [0.3, 0.4) is 0 Å². The number of carbonyl (C=O) groups excluding carboxylic acids is 2. The molecular formula is C19H20N2O4. The van der Waals surface area contributed by atoms with Crippen molar-refractivity contribution < 1.29 is 19.1 Å². The fraction of sp³-hybridized carbons (Fsp3) is 0.263. The number of hydrogen-bond acceptors (Lipinski definition) is 4. The minimum absolute atomic E-state index is 0.141. The number of nitrogens with one attached hydrogen (secondary N) is 1. The van der Waals surface area contributed by atoms with Crippen LogP contribution in [0.1, 0.15) is 29.8 Å². The summed E-state index contributed by atoms with van der Waals surface area (Å²) < 4.78 is 11.5. The summed E-state index contributed by atoms with van der Waals surface area (Å²) in [5, 5.41) is 2.71. The standard InChI is InChI=1S/C19H20N2O4/c1-19(2)10-13-4-3-5-15(17(13)25-19)24-11-16(22)21-14-8-6-12(7-9-14)18(20)23/h3-9H,10-11H2,1-2H3,(H2,20,23)(H,21,22). The molecule has 2 aromatic carbocycles. The van der Waals surface area contributed by atoms with E-state index in [1.165, 1.54) is 0 Å². The van der Waals surface area contributed by atoms with Crippen molar-refractivity contribution in [2.75, 3.05) is 11.9 Å². The molecule has 0 saturated heterocycles. The highest BCUT2D eigenvalue weighted by atomic mass is 16.5. The summed E-state index contributed by atoms with van der Waals surface area (Å²) in [5.41, 5.74) is 6.93. The first-order valence-electron chi connectivity index (χ1n) is 7.97. The van der Waals surface area contributed by atoms with Gasteiger partial charge in [-0.2, -0.15) is 0 Å². The SMILES string of the molecule is CC1(C)Cc2cccc(OCC(=O)Nc3ccc(C(N)=O)cc3)c2O1. The number of amides is 2. The van der Waals surface area contributed by atoms with Gasteiger partial charge in [-0.1, -0.05) is 12.1 Å². The lowest BCUT2D eigenvalue weighted by atomic mass is 10.0. The summed E-state index contributed by atoms with van der Waals surface area (Å²) in [6, 6.07) is 12.0. The van der Waals surface area contributed by atoms with Crippen molar-refractivity contribution in [3.63, 3.8) is 0 Å². The molecule has 1 aliphatic rings. The van der Waals surface area contributed by atoms with E-state index >= 15 is 0 Å². The van der Waals surface area contributed by atoms with Gasteiger partial charge in [0.1, 0.15) is 5.60 Å². The predicted octanol–water partition coefficient (Wildman–Crippen LogP) is 2.52. The number of primary amides is 1. The molecule has 0 bridgehead atoms. The van der Waals surface area contributed by atoms with Gasteiger partial charge in [0.15, 0.2) is 18.1 Å². The fourth-order valence-electron chi connectivity index (χ4n) is 2.76. The van der Waals surface area contributed by atoms with Crippen LogP contribution in [0.15, 0.2) is 42.5 Å². The maximum atomic E-state index is 12.1. The minimum atomic E-state index is -0.512. The van der Waals surface area contributed by atoms with Crippen LogP contribution in [0, 0.1) is 0 Å². The maximum Gasteiger partial charge on any atom is 0.262 e. The molecule has 0 radical (unpaired) electrons. The van der Waals surface area contributed by atoms with Gasteiger partial charge >= 0.3 is 0 Å². The molecule has 0 atom stereocenters. The highest BCUT2D eigenvalue weighted by Gasteiger charge is 2.32. The zero-order chi connectivity index (χ0) is 18.0. The van der Waals surface area contributed by atoms with E-state index in [0.29, 0.717) is 22.7 Å². The molecule has 0 unspecified atom stereocenters. The van der Waals surface area contributed by atoms with Gasteiger partial charge in [0.05, 0.1) is 0 Å². The van der Waals surface area contributed by atoms with Crippen molar-refractivity contribution in [3.05, 3.63) is 53.6 Å². The molecule has 3 N–H and O–H groups in total. The number of carbonyl (C=O) groups is 2. The van der Waals surface area contributed by atoms with E-state index in [0.717, 1.165) is 12.0 Å². The summed E-state index contributed by atoms with van der Waals surface area (Å²) in [7, 11) is 0. The van der Waals surface area contributed by atoms with Crippen LogP contribution >= 0.6 is 0 Å². The smallest absolute Gasteiger partial charge is 0.262 e. The van der Waals surface area contributed by atoms with Gasteiger partial charge in [-0.15, -0.1) is 0 Å². The first-order chi connectivity index (χ1) is 11.8. The van der Waals surface area contributed by atoms with Gasteiger partial charge in [-0.25, -0.2) is 0 Å². The van der Waals surface area contributed by atoms with Crippen LogP contribution in [0.4, 0.5) is 5.69 Å². The Labute approximate surface area is 145 Å². The number of benzene rings is 2. The largest absolute Gasteiger partial charge is 0.483 e. The lowest BCUT2D eigenvalue weighted by Gasteiger charge is -2.18. The van der Waals surface area contributed by atoms with E-state index < -0.39 is 5.91 Å². The lowest BCUT2D eigenvalue weighted by molar-refractivity contribution is -0.118. The van der Waals surface area contributed by atoms with Crippen LogP contribution in [0.2, 0.25) is 0 Å². The van der Waals surface area contributed by atoms with Gasteiger partial charge in [0, 0.05) is 23.2 Å². The molecule has 130 valence electrons. The summed E-state index contributed by atoms with van der Waals surface area (Å²) in [6.45, 7) is 3.89. The van der Waals surface area contributed by atoms with Gasteiger partial charge in [0.25, 0.3) is 5.91 Å². The molecule has 1 heterocycles. The maximum absolute atomic E-state index is 12.1. The average molecular weight is 340 g/mol. The summed E-state index contributed by atoms with van der Waals surface area (Å²) in [6.07, 6.45) is 0.804. The van der Waals surface area contributed by atoms with E-state index in [1.54, 1.807) is 30.3 Å². The average Bonchev–Trinajstić information content (AvgIpc) is 2.87. The third-order valence-corrected chi connectivity index (χ3v) is 3.87. The first-order valence-corrected chi connectivity index (χ1v) is 7.97. The second-order valence-corrected chi connectivity index (χ2v) is 6.56. The summed E-state index contributed by atoms with van der Waals surface area (Å²) in [5.74, 6) is 0.442. The van der Waals surface area contributed by atoms with Gasteiger partial charge < -0.3 is 20.5 Å². The van der Waals surface area contributed by atoms with E-state index in [1.807, 2.05) is 26.0 Å².